The van der Waals surface area contributed by atoms with Gasteiger partial charge in [0.05, 0.1) is 19.8 Å². The number of halogens is 2. The first-order chi connectivity index (χ1) is 6.60. The molecule has 0 atom stereocenters. The van der Waals surface area contributed by atoms with Crippen molar-refractivity contribution in [3.05, 3.63) is 21.3 Å². The predicted molar refractivity (Wildman–Crippen MR) is 62.4 cm³/mol. The van der Waals surface area contributed by atoms with Crippen LogP contribution in [0.5, 0.6) is 11.5 Å². The number of hydrogen-bond donors (Lipinski definition) is 0. The monoisotopic (exact) mass is 326 g/mol. The van der Waals surface area contributed by atoms with Gasteiger partial charge in [-0.25, -0.2) is 0 Å². The Kier molecular flexibility index (Phi) is 4.00. The Morgan fingerprint density at radius 3 is 2.43 bits per heavy atom. The molecule has 0 saturated heterocycles. The Labute approximate surface area is 100 Å². The molecule has 0 spiro atoms. The van der Waals surface area contributed by atoms with Gasteiger partial charge >= 0.3 is 0 Å². The number of ether oxygens (including phenoxy) is 2. The van der Waals surface area contributed by atoms with Gasteiger partial charge in [-0.2, -0.15) is 0 Å². The van der Waals surface area contributed by atoms with Gasteiger partial charge in [0.15, 0.2) is 0 Å². The lowest BCUT2D eigenvalue weighted by Gasteiger charge is -2.09. The first-order valence-electron chi connectivity index (χ1n) is 3.71. The molecule has 3 nitrogen and oxygen atoms in total. The van der Waals surface area contributed by atoms with Gasteiger partial charge in [0.25, 0.3) is 5.24 Å². The highest BCUT2D eigenvalue weighted by molar-refractivity contribution is 14.1. The van der Waals surface area contributed by atoms with Crippen LogP contribution in [0.25, 0.3) is 0 Å². The summed E-state index contributed by atoms with van der Waals surface area (Å²) in [4.78, 5) is 11.1. The first kappa shape index (κ1) is 11.6. The van der Waals surface area contributed by atoms with Gasteiger partial charge < -0.3 is 9.47 Å². The van der Waals surface area contributed by atoms with Crippen molar-refractivity contribution >= 4 is 39.4 Å². The molecule has 0 radical (unpaired) electrons. The third kappa shape index (κ3) is 2.30. The summed E-state index contributed by atoms with van der Waals surface area (Å²) in [5, 5.41) is -0.533. The van der Waals surface area contributed by atoms with E-state index in [0.29, 0.717) is 20.6 Å². The van der Waals surface area contributed by atoms with Crippen molar-refractivity contribution < 1.29 is 14.3 Å². The largest absolute Gasteiger partial charge is 0.497 e. The van der Waals surface area contributed by atoms with Crippen LogP contribution in [0.3, 0.4) is 0 Å². The molecule has 0 unspecified atom stereocenters. The van der Waals surface area contributed by atoms with Crippen molar-refractivity contribution in [3.8, 4) is 11.5 Å². The van der Waals surface area contributed by atoms with Crippen molar-refractivity contribution in [2.45, 2.75) is 0 Å². The maximum atomic E-state index is 11.1. The van der Waals surface area contributed by atoms with Crippen molar-refractivity contribution in [1.29, 1.82) is 0 Å². The SMILES string of the molecule is COc1cc(I)c(C(=O)Cl)c(OC)c1. The average molecular weight is 327 g/mol. The van der Waals surface area contributed by atoms with Crippen LogP contribution in [0.2, 0.25) is 0 Å². The molecule has 0 aliphatic heterocycles. The zero-order valence-corrected chi connectivity index (χ0v) is 10.5. The highest BCUT2D eigenvalue weighted by Crippen LogP contribution is 2.30. The Morgan fingerprint density at radius 2 is 2.00 bits per heavy atom. The summed E-state index contributed by atoms with van der Waals surface area (Å²) in [6.45, 7) is 0. The van der Waals surface area contributed by atoms with E-state index in [1.807, 2.05) is 22.6 Å². The molecule has 0 saturated carbocycles. The molecular formula is C9H8ClIO3. The fraction of sp³-hybridized carbons (Fsp3) is 0.222. The zero-order chi connectivity index (χ0) is 10.7. The Hall–Kier alpha value is -0.490. The van der Waals surface area contributed by atoms with Gasteiger partial charge in [-0.1, -0.05) is 0 Å². The molecular weight excluding hydrogens is 318 g/mol. The van der Waals surface area contributed by atoms with Gasteiger partial charge in [-0.05, 0) is 40.3 Å². The second kappa shape index (κ2) is 4.84. The van der Waals surface area contributed by atoms with Gasteiger partial charge in [0, 0.05) is 9.64 Å². The minimum Gasteiger partial charge on any atom is -0.497 e. The maximum absolute atomic E-state index is 11.1. The summed E-state index contributed by atoms with van der Waals surface area (Å²) < 4.78 is 10.8. The van der Waals surface area contributed by atoms with E-state index in [0.717, 1.165) is 0 Å². The number of benzene rings is 1. The van der Waals surface area contributed by atoms with Crippen LogP contribution in [0, 0.1) is 3.57 Å². The van der Waals surface area contributed by atoms with E-state index in [4.69, 9.17) is 21.1 Å². The normalized spacial score (nSPS) is 9.71. The summed E-state index contributed by atoms with van der Waals surface area (Å²) >= 11 is 7.43. The molecule has 1 rings (SSSR count). The second-order valence-corrected chi connectivity index (χ2v) is 3.97. The van der Waals surface area contributed by atoms with Crippen molar-refractivity contribution in [2.75, 3.05) is 14.2 Å². The molecule has 1 aromatic rings. The molecule has 5 heteroatoms. The van der Waals surface area contributed by atoms with E-state index in [1.54, 1.807) is 19.2 Å². The van der Waals surface area contributed by atoms with Crippen LogP contribution >= 0.6 is 34.2 Å². The van der Waals surface area contributed by atoms with Crippen molar-refractivity contribution in [1.82, 2.24) is 0 Å². The topological polar surface area (TPSA) is 35.5 Å². The molecule has 0 aliphatic carbocycles. The van der Waals surface area contributed by atoms with E-state index in [9.17, 15) is 4.79 Å². The minimum absolute atomic E-state index is 0.371. The smallest absolute Gasteiger partial charge is 0.257 e. The summed E-state index contributed by atoms with van der Waals surface area (Å²) in [5.74, 6) is 1.06. The number of carbonyl (C=O) groups excluding carboxylic acids is 1. The molecule has 76 valence electrons. The molecule has 0 bridgehead atoms. The number of carbonyl (C=O) groups is 1. The fourth-order valence-electron chi connectivity index (χ4n) is 1.03. The molecule has 0 aromatic heterocycles. The van der Waals surface area contributed by atoms with Crippen LogP contribution in [0.15, 0.2) is 12.1 Å². The van der Waals surface area contributed by atoms with Gasteiger partial charge in [-0.3, -0.25) is 4.79 Å². The van der Waals surface area contributed by atoms with E-state index in [-0.39, 0.29) is 0 Å². The summed E-state index contributed by atoms with van der Waals surface area (Å²) in [5.41, 5.74) is 0.371. The zero-order valence-electron chi connectivity index (χ0n) is 7.64. The molecule has 0 fully saturated rings. The third-order valence-corrected chi connectivity index (χ3v) is 2.72. The van der Waals surface area contributed by atoms with Gasteiger partial charge in [-0.15, -0.1) is 0 Å². The highest BCUT2D eigenvalue weighted by atomic mass is 127. The third-order valence-electron chi connectivity index (χ3n) is 1.68. The Balaban J connectivity index is 3.34. The van der Waals surface area contributed by atoms with Crippen LogP contribution in [0.4, 0.5) is 0 Å². The lowest BCUT2D eigenvalue weighted by molar-refractivity contribution is 0.107. The summed E-state index contributed by atoms with van der Waals surface area (Å²) in [7, 11) is 3.03. The standard InChI is InChI=1S/C9H8ClIO3/c1-13-5-3-6(11)8(9(10)12)7(4-5)14-2/h3-4H,1-2H3. The predicted octanol–water partition coefficient (Wildman–Crippen LogP) is 2.69. The summed E-state index contributed by atoms with van der Waals surface area (Å²) in [6.07, 6.45) is 0. The van der Waals surface area contributed by atoms with E-state index >= 15 is 0 Å². The molecule has 0 heterocycles. The highest BCUT2D eigenvalue weighted by Gasteiger charge is 2.15. The van der Waals surface area contributed by atoms with Crippen LogP contribution in [-0.2, 0) is 0 Å². The van der Waals surface area contributed by atoms with Crippen molar-refractivity contribution in [2.24, 2.45) is 0 Å². The minimum atomic E-state index is -0.533. The molecule has 14 heavy (non-hydrogen) atoms. The van der Waals surface area contributed by atoms with Crippen molar-refractivity contribution in [3.63, 3.8) is 0 Å². The molecule has 0 amide bonds. The molecule has 1 aromatic carbocycles. The Bertz CT molecular complexity index is 365. The number of rotatable bonds is 3. The van der Waals surface area contributed by atoms with Gasteiger partial charge in [0.2, 0.25) is 0 Å². The lowest BCUT2D eigenvalue weighted by atomic mass is 10.2. The molecule has 0 N–H and O–H groups in total. The number of hydrogen-bond acceptors (Lipinski definition) is 3. The maximum Gasteiger partial charge on any atom is 0.257 e. The fourth-order valence-corrected chi connectivity index (χ4v) is 2.20. The van der Waals surface area contributed by atoms with Crippen LogP contribution in [-0.4, -0.2) is 19.5 Å². The lowest BCUT2D eigenvalue weighted by Crippen LogP contribution is -1.99. The van der Waals surface area contributed by atoms with Crippen LogP contribution < -0.4 is 9.47 Å². The summed E-state index contributed by atoms with van der Waals surface area (Å²) in [6, 6.07) is 3.34. The average Bonchev–Trinajstić information content (AvgIpc) is 2.15. The van der Waals surface area contributed by atoms with E-state index in [1.165, 1.54) is 7.11 Å². The first-order valence-corrected chi connectivity index (χ1v) is 5.17. The Morgan fingerprint density at radius 1 is 1.36 bits per heavy atom. The quantitative estimate of drug-likeness (QED) is 0.633. The second-order valence-electron chi connectivity index (χ2n) is 2.46. The van der Waals surface area contributed by atoms with Crippen LogP contribution in [0.1, 0.15) is 10.4 Å². The molecule has 0 aliphatic rings. The van der Waals surface area contributed by atoms with E-state index < -0.39 is 5.24 Å². The van der Waals surface area contributed by atoms with E-state index in [2.05, 4.69) is 0 Å². The van der Waals surface area contributed by atoms with Gasteiger partial charge in [0.1, 0.15) is 11.5 Å². The number of methoxy groups -OCH3 is 2.